The van der Waals surface area contributed by atoms with Crippen LogP contribution in [0.1, 0.15) is 6.42 Å². The Hall–Kier alpha value is -0.280. The van der Waals surface area contributed by atoms with Crippen molar-refractivity contribution in [2.75, 3.05) is 13.1 Å². The highest BCUT2D eigenvalue weighted by Crippen LogP contribution is 2.49. The molecule has 2 N–H and O–H groups in total. The number of fused-ring (bicyclic) bond motifs is 1. The number of carbonyl (C=O) groups is 1. The molecule has 1 aliphatic heterocycles. The summed E-state index contributed by atoms with van der Waals surface area (Å²) < 4.78 is 0. The monoisotopic (exact) mass is 177 g/mol. The summed E-state index contributed by atoms with van der Waals surface area (Å²) in [7, 11) is 0. The second-order valence-electron chi connectivity index (χ2n) is 3.18. The fourth-order valence-electron chi connectivity index (χ4n) is 2.02. The zero-order valence-electron chi connectivity index (χ0n) is 6.12. The van der Waals surface area contributed by atoms with Gasteiger partial charge in [-0.05, 0) is 31.3 Å². The maximum absolute atomic E-state index is 10.5. The number of hydrogen-bond acceptors (Lipinski definition) is 2. The summed E-state index contributed by atoms with van der Waals surface area (Å²) in [6.45, 7) is 1.92. The van der Waals surface area contributed by atoms with E-state index < -0.39 is 5.97 Å². The van der Waals surface area contributed by atoms with Crippen LogP contribution in [0.15, 0.2) is 0 Å². The van der Waals surface area contributed by atoms with Crippen LogP contribution in [0.5, 0.6) is 0 Å². The molecular weight excluding hydrogens is 166 g/mol. The van der Waals surface area contributed by atoms with Gasteiger partial charge in [0.25, 0.3) is 0 Å². The molecule has 1 heterocycles. The molecule has 0 amide bonds. The molecule has 64 valence electrons. The number of aliphatic carboxylic acids is 1. The van der Waals surface area contributed by atoms with Gasteiger partial charge in [0.2, 0.25) is 0 Å². The summed E-state index contributed by atoms with van der Waals surface area (Å²) in [6.07, 6.45) is 1.06. The van der Waals surface area contributed by atoms with Gasteiger partial charge in [0.05, 0.1) is 5.92 Å². The van der Waals surface area contributed by atoms with E-state index in [2.05, 4.69) is 5.32 Å². The van der Waals surface area contributed by atoms with E-state index in [1.165, 1.54) is 0 Å². The van der Waals surface area contributed by atoms with Gasteiger partial charge in [0, 0.05) is 0 Å². The lowest BCUT2D eigenvalue weighted by Crippen LogP contribution is -2.23. The van der Waals surface area contributed by atoms with Crippen molar-refractivity contribution in [3.05, 3.63) is 0 Å². The summed E-state index contributed by atoms with van der Waals surface area (Å²) in [5, 5.41) is 11.9. The molecule has 1 aliphatic carbocycles. The summed E-state index contributed by atoms with van der Waals surface area (Å²) in [4.78, 5) is 10.5. The summed E-state index contributed by atoms with van der Waals surface area (Å²) in [5.74, 6) is 0.332. The van der Waals surface area contributed by atoms with Crippen molar-refractivity contribution in [2.45, 2.75) is 6.42 Å². The van der Waals surface area contributed by atoms with Crippen LogP contribution in [0.4, 0.5) is 0 Å². The van der Waals surface area contributed by atoms with Crippen LogP contribution in [0.2, 0.25) is 0 Å². The Morgan fingerprint density at radius 2 is 2.18 bits per heavy atom. The van der Waals surface area contributed by atoms with Crippen molar-refractivity contribution in [3.63, 3.8) is 0 Å². The molecule has 3 nitrogen and oxygen atoms in total. The van der Waals surface area contributed by atoms with Crippen LogP contribution in [0, 0.1) is 17.8 Å². The zero-order valence-corrected chi connectivity index (χ0v) is 6.93. The van der Waals surface area contributed by atoms with Crippen LogP contribution in [-0.2, 0) is 4.79 Å². The normalized spacial score (nSPS) is 40.2. The van der Waals surface area contributed by atoms with Gasteiger partial charge < -0.3 is 10.4 Å². The molecule has 2 aliphatic rings. The lowest BCUT2D eigenvalue weighted by Gasteiger charge is -2.07. The highest BCUT2D eigenvalue weighted by atomic mass is 35.5. The van der Waals surface area contributed by atoms with Crippen LogP contribution >= 0.6 is 12.4 Å². The van der Waals surface area contributed by atoms with Crippen LogP contribution < -0.4 is 5.32 Å². The van der Waals surface area contributed by atoms with E-state index in [-0.39, 0.29) is 18.3 Å². The largest absolute Gasteiger partial charge is 0.481 e. The third-order valence-corrected chi connectivity index (χ3v) is 2.65. The van der Waals surface area contributed by atoms with E-state index in [9.17, 15) is 4.79 Å². The average Bonchev–Trinajstić information content (AvgIpc) is 2.60. The first-order valence-corrected chi connectivity index (χ1v) is 3.74. The van der Waals surface area contributed by atoms with Crippen molar-refractivity contribution >= 4 is 18.4 Å². The first-order valence-electron chi connectivity index (χ1n) is 3.74. The summed E-state index contributed by atoms with van der Waals surface area (Å²) in [5.41, 5.74) is 0. The molecule has 4 heteroatoms. The minimum absolute atomic E-state index is 0. The third-order valence-electron chi connectivity index (χ3n) is 2.65. The van der Waals surface area contributed by atoms with Gasteiger partial charge in [-0.3, -0.25) is 4.79 Å². The van der Waals surface area contributed by atoms with Crippen LogP contribution in [0.3, 0.4) is 0 Å². The molecule has 0 radical (unpaired) electrons. The number of nitrogens with one attached hydrogen (secondary N) is 1. The fraction of sp³-hybridized carbons (Fsp3) is 0.857. The van der Waals surface area contributed by atoms with Gasteiger partial charge in [-0.2, -0.15) is 0 Å². The standard InChI is InChI=1S/C7H11NO2.ClH/c9-7(10)6-4-1-2-8-3-5(4)6;/h4-6,8H,1-3H2,(H,9,10);1H. The van der Waals surface area contributed by atoms with E-state index >= 15 is 0 Å². The minimum Gasteiger partial charge on any atom is -0.481 e. The highest BCUT2D eigenvalue weighted by Gasteiger charge is 2.55. The van der Waals surface area contributed by atoms with Crippen LogP contribution in [-0.4, -0.2) is 24.2 Å². The highest BCUT2D eigenvalue weighted by molar-refractivity contribution is 5.85. The fourth-order valence-corrected chi connectivity index (χ4v) is 2.02. The van der Waals surface area contributed by atoms with E-state index in [0.29, 0.717) is 11.8 Å². The first-order chi connectivity index (χ1) is 4.80. The summed E-state index contributed by atoms with van der Waals surface area (Å²) in [6, 6.07) is 0. The molecule has 0 spiro atoms. The summed E-state index contributed by atoms with van der Waals surface area (Å²) >= 11 is 0. The van der Waals surface area contributed by atoms with Crippen molar-refractivity contribution in [1.29, 1.82) is 0 Å². The molecule has 1 saturated heterocycles. The van der Waals surface area contributed by atoms with Crippen molar-refractivity contribution in [2.24, 2.45) is 17.8 Å². The van der Waals surface area contributed by atoms with Gasteiger partial charge in [0.1, 0.15) is 0 Å². The Kier molecular flexibility index (Phi) is 2.40. The smallest absolute Gasteiger partial charge is 0.307 e. The minimum atomic E-state index is -0.598. The number of halogens is 1. The Morgan fingerprint density at radius 1 is 1.45 bits per heavy atom. The number of rotatable bonds is 1. The second kappa shape index (κ2) is 2.99. The van der Waals surface area contributed by atoms with Crippen molar-refractivity contribution in [1.82, 2.24) is 5.32 Å². The third kappa shape index (κ3) is 1.35. The van der Waals surface area contributed by atoms with E-state index in [0.717, 1.165) is 19.5 Å². The number of carboxylic acids is 1. The number of piperidine rings is 1. The van der Waals surface area contributed by atoms with Gasteiger partial charge in [-0.15, -0.1) is 12.4 Å². The lowest BCUT2D eigenvalue weighted by molar-refractivity contribution is -0.139. The quantitative estimate of drug-likeness (QED) is 0.608. The molecule has 0 aromatic rings. The average molecular weight is 178 g/mol. The van der Waals surface area contributed by atoms with Crippen molar-refractivity contribution in [3.8, 4) is 0 Å². The predicted octanol–water partition coefficient (Wildman–Crippen LogP) is 0.348. The Morgan fingerprint density at radius 3 is 2.64 bits per heavy atom. The lowest BCUT2D eigenvalue weighted by atomic mass is 10.2. The molecule has 3 unspecified atom stereocenters. The van der Waals surface area contributed by atoms with Gasteiger partial charge in [-0.25, -0.2) is 0 Å². The van der Waals surface area contributed by atoms with Gasteiger partial charge in [-0.1, -0.05) is 0 Å². The maximum atomic E-state index is 10.5. The first kappa shape index (κ1) is 8.81. The number of carboxylic acid groups (broad SMARTS) is 1. The van der Waals surface area contributed by atoms with E-state index in [1.54, 1.807) is 0 Å². The van der Waals surface area contributed by atoms with E-state index in [4.69, 9.17) is 5.11 Å². The topological polar surface area (TPSA) is 49.3 Å². The number of hydrogen-bond donors (Lipinski definition) is 2. The Bertz CT molecular complexity index is 162. The zero-order chi connectivity index (χ0) is 7.14. The molecule has 1 saturated carbocycles. The molecule has 0 bridgehead atoms. The Balaban J connectivity index is 0.000000605. The SMILES string of the molecule is Cl.O=C(O)C1C2CCNCC21. The van der Waals surface area contributed by atoms with Crippen LogP contribution in [0.25, 0.3) is 0 Å². The molecule has 11 heavy (non-hydrogen) atoms. The predicted molar refractivity (Wildman–Crippen MR) is 42.8 cm³/mol. The Labute approximate surface area is 71.6 Å². The van der Waals surface area contributed by atoms with Crippen molar-refractivity contribution < 1.29 is 9.90 Å². The second-order valence-corrected chi connectivity index (χ2v) is 3.18. The molecule has 0 aromatic carbocycles. The molecule has 2 rings (SSSR count). The van der Waals surface area contributed by atoms with E-state index in [1.807, 2.05) is 0 Å². The molecule has 0 aromatic heterocycles. The maximum Gasteiger partial charge on any atom is 0.307 e. The molecule has 3 atom stereocenters. The van der Waals surface area contributed by atoms with Gasteiger partial charge >= 0.3 is 5.97 Å². The van der Waals surface area contributed by atoms with Gasteiger partial charge in [0.15, 0.2) is 0 Å². The molecular formula is C7H12ClNO2. The molecule has 2 fully saturated rings.